The molecule has 0 radical (unpaired) electrons. The van der Waals surface area contributed by atoms with Crippen molar-refractivity contribution in [2.24, 2.45) is 0 Å². The highest BCUT2D eigenvalue weighted by atomic mass is 16.3. The van der Waals surface area contributed by atoms with Gasteiger partial charge in [0, 0.05) is 17.5 Å². The van der Waals surface area contributed by atoms with Gasteiger partial charge in [-0.1, -0.05) is 18.2 Å². The molecule has 1 aliphatic rings. The maximum atomic E-state index is 12.7. The van der Waals surface area contributed by atoms with Crippen LogP contribution in [-0.2, 0) is 0 Å². The number of benzene rings is 1. The predicted octanol–water partition coefficient (Wildman–Crippen LogP) is 4.21. The van der Waals surface area contributed by atoms with E-state index in [1.807, 2.05) is 50.2 Å². The zero-order valence-corrected chi connectivity index (χ0v) is 15.2. The van der Waals surface area contributed by atoms with Gasteiger partial charge in [-0.15, -0.1) is 0 Å². The number of aryl methyl sites for hydroxylation is 2. The second kappa shape index (κ2) is 7.00. The number of hydrogen-bond donors (Lipinski definition) is 1. The van der Waals surface area contributed by atoms with Gasteiger partial charge in [-0.05, 0) is 58.0 Å². The van der Waals surface area contributed by atoms with Crippen LogP contribution in [0.5, 0.6) is 0 Å². The number of carbonyl (C=O) groups is 1. The molecule has 1 atom stereocenters. The number of para-hydroxylation sites is 1. The van der Waals surface area contributed by atoms with Gasteiger partial charge in [0.05, 0.1) is 6.04 Å². The zero-order valence-electron chi connectivity index (χ0n) is 15.2. The molecule has 1 saturated heterocycles. The van der Waals surface area contributed by atoms with Gasteiger partial charge in [-0.25, -0.2) is 0 Å². The Morgan fingerprint density at radius 2 is 1.88 bits per heavy atom. The van der Waals surface area contributed by atoms with Gasteiger partial charge < -0.3 is 14.2 Å². The smallest absolute Gasteiger partial charge is 0.287 e. The van der Waals surface area contributed by atoms with Crippen LogP contribution in [0.4, 0.5) is 0 Å². The Bertz CT molecular complexity index is 918. The van der Waals surface area contributed by atoms with Crippen molar-refractivity contribution in [1.82, 2.24) is 10.2 Å². The van der Waals surface area contributed by atoms with Crippen molar-refractivity contribution in [2.45, 2.75) is 32.7 Å². The van der Waals surface area contributed by atoms with E-state index in [0.29, 0.717) is 12.3 Å². The van der Waals surface area contributed by atoms with E-state index in [0.717, 1.165) is 41.1 Å². The predicted molar refractivity (Wildman–Crippen MR) is 100 cm³/mol. The Kier molecular flexibility index (Phi) is 4.55. The number of rotatable bonds is 5. The summed E-state index contributed by atoms with van der Waals surface area (Å²) in [6.07, 6.45) is 2.37. The molecule has 3 heterocycles. The summed E-state index contributed by atoms with van der Waals surface area (Å²) >= 11 is 0. The summed E-state index contributed by atoms with van der Waals surface area (Å²) in [4.78, 5) is 15.1. The van der Waals surface area contributed by atoms with Crippen LogP contribution in [0.1, 0.15) is 46.5 Å². The minimum absolute atomic E-state index is 0.0554. The molecular formula is C21H24N2O3. The fourth-order valence-corrected chi connectivity index (χ4v) is 3.76. The topological polar surface area (TPSA) is 58.6 Å². The van der Waals surface area contributed by atoms with Gasteiger partial charge in [0.1, 0.15) is 17.1 Å². The number of nitrogens with one attached hydrogen (secondary N) is 1. The van der Waals surface area contributed by atoms with Gasteiger partial charge in [0.25, 0.3) is 5.91 Å². The van der Waals surface area contributed by atoms with Crippen LogP contribution in [-0.4, -0.2) is 30.4 Å². The highest BCUT2D eigenvalue weighted by Crippen LogP contribution is 2.27. The summed E-state index contributed by atoms with van der Waals surface area (Å²) in [5, 5.41) is 4.03. The fourth-order valence-electron chi connectivity index (χ4n) is 3.76. The Morgan fingerprint density at radius 3 is 2.58 bits per heavy atom. The molecule has 1 fully saturated rings. The summed E-state index contributed by atoms with van der Waals surface area (Å²) < 4.78 is 11.6. The SMILES string of the molecule is Cc1ccc([C@H](CNC(=O)c2oc3ccccc3c2C)N2CCCC2)o1. The van der Waals surface area contributed by atoms with E-state index in [-0.39, 0.29) is 11.9 Å². The Balaban J connectivity index is 1.52. The number of nitrogens with zero attached hydrogens (tertiary/aromatic N) is 1. The molecule has 0 spiro atoms. The first-order valence-corrected chi connectivity index (χ1v) is 9.20. The van der Waals surface area contributed by atoms with E-state index in [1.165, 1.54) is 12.8 Å². The molecule has 1 aliphatic heterocycles. The number of furan rings is 2. The van der Waals surface area contributed by atoms with Gasteiger partial charge in [-0.2, -0.15) is 0 Å². The standard InChI is InChI=1S/C21H24N2O3/c1-14-9-10-19(25-14)17(23-11-5-6-12-23)13-22-21(24)20-15(2)16-7-3-4-8-18(16)26-20/h3-4,7-10,17H,5-6,11-13H2,1-2H3,(H,22,24)/t17-/m0/s1. The minimum Gasteiger partial charge on any atom is -0.465 e. The largest absolute Gasteiger partial charge is 0.465 e. The molecular weight excluding hydrogens is 328 g/mol. The summed E-state index contributed by atoms with van der Waals surface area (Å²) in [6, 6.07) is 11.8. The molecule has 1 aromatic carbocycles. The highest BCUT2D eigenvalue weighted by molar-refractivity contribution is 5.98. The summed E-state index contributed by atoms with van der Waals surface area (Å²) in [5.41, 5.74) is 1.62. The number of carbonyl (C=O) groups excluding carboxylic acids is 1. The molecule has 0 saturated carbocycles. The van der Waals surface area contributed by atoms with Crippen molar-refractivity contribution < 1.29 is 13.6 Å². The third kappa shape index (κ3) is 3.15. The van der Waals surface area contributed by atoms with Gasteiger partial charge in [0.15, 0.2) is 5.76 Å². The van der Waals surface area contributed by atoms with Crippen LogP contribution >= 0.6 is 0 Å². The molecule has 1 N–H and O–H groups in total. The molecule has 0 unspecified atom stereocenters. The van der Waals surface area contributed by atoms with Crippen molar-refractivity contribution in [1.29, 1.82) is 0 Å². The number of hydrogen-bond acceptors (Lipinski definition) is 4. The van der Waals surface area contributed by atoms with Crippen molar-refractivity contribution in [2.75, 3.05) is 19.6 Å². The van der Waals surface area contributed by atoms with Crippen LogP contribution in [0.25, 0.3) is 11.0 Å². The van der Waals surface area contributed by atoms with Crippen molar-refractivity contribution >= 4 is 16.9 Å². The van der Waals surface area contributed by atoms with Crippen LogP contribution < -0.4 is 5.32 Å². The molecule has 5 heteroatoms. The number of fused-ring (bicyclic) bond motifs is 1. The third-order valence-electron chi connectivity index (χ3n) is 5.18. The quantitative estimate of drug-likeness (QED) is 0.747. The van der Waals surface area contributed by atoms with Crippen LogP contribution in [0.15, 0.2) is 45.2 Å². The van der Waals surface area contributed by atoms with Crippen molar-refractivity contribution in [3.8, 4) is 0 Å². The fraction of sp³-hybridized carbons (Fsp3) is 0.381. The van der Waals surface area contributed by atoms with Gasteiger partial charge in [0.2, 0.25) is 0 Å². The monoisotopic (exact) mass is 352 g/mol. The normalized spacial score (nSPS) is 16.2. The lowest BCUT2D eigenvalue weighted by Crippen LogP contribution is -2.36. The Hall–Kier alpha value is -2.53. The van der Waals surface area contributed by atoms with Crippen molar-refractivity contribution in [3.05, 3.63) is 59.2 Å². The second-order valence-electron chi connectivity index (χ2n) is 6.97. The second-order valence-corrected chi connectivity index (χ2v) is 6.97. The summed E-state index contributed by atoms with van der Waals surface area (Å²) in [7, 11) is 0. The summed E-state index contributed by atoms with van der Waals surface area (Å²) in [6.45, 7) is 6.44. The average Bonchev–Trinajstić information content (AvgIpc) is 3.37. The Morgan fingerprint density at radius 1 is 1.12 bits per heavy atom. The van der Waals surface area contributed by atoms with E-state index < -0.39 is 0 Å². The average molecular weight is 352 g/mol. The van der Waals surface area contributed by atoms with E-state index in [4.69, 9.17) is 8.83 Å². The lowest BCUT2D eigenvalue weighted by molar-refractivity contribution is 0.0907. The molecule has 1 amide bonds. The molecule has 136 valence electrons. The summed E-state index contributed by atoms with van der Waals surface area (Å²) in [5.74, 6) is 2.02. The molecule has 3 aromatic rings. The first kappa shape index (κ1) is 16.9. The molecule has 5 nitrogen and oxygen atoms in total. The van der Waals surface area contributed by atoms with E-state index in [2.05, 4.69) is 10.2 Å². The maximum absolute atomic E-state index is 12.7. The first-order valence-electron chi connectivity index (χ1n) is 9.20. The third-order valence-corrected chi connectivity index (χ3v) is 5.18. The molecule has 26 heavy (non-hydrogen) atoms. The van der Waals surface area contributed by atoms with Crippen LogP contribution in [0, 0.1) is 13.8 Å². The highest BCUT2D eigenvalue weighted by Gasteiger charge is 2.27. The van der Waals surface area contributed by atoms with Gasteiger partial charge >= 0.3 is 0 Å². The molecule has 4 rings (SSSR count). The van der Waals surface area contributed by atoms with Crippen LogP contribution in [0.2, 0.25) is 0 Å². The molecule has 0 bridgehead atoms. The zero-order chi connectivity index (χ0) is 18.1. The van der Waals surface area contributed by atoms with Crippen LogP contribution in [0.3, 0.4) is 0 Å². The van der Waals surface area contributed by atoms with Gasteiger partial charge in [-0.3, -0.25) is 9.69 Å². The molecule has 0 aliphatic carbocycles. The first-order chi connectivity index (χ1) is 12.6. The minimum atomic E-state index is -0.175. The lowest BCUT2D eigenvalue weighted by Gasteiger charge is -2.25. The lowest BCUT2D eigenvalue weighted by atomic mass is 10.1. The maximum Gasteiger partial charge on any atom is 0.287 e. The van der Waals surface area contributed by atoms with Crippen molar-refractivity contribution in [3.63, 3.8) is 0 Å². The van der Waals surface area contributed by atoms with E-state index in [9.17, 15) is 4.79 Å². The van der Waals surface area contributed by atoms with E-state index >= 15 is 0 Å². The Labute approximate surface area is 153 Å². The molecule has 2 aromatic heterocycles. The number of amides is 1. The number of likely N-dealkylation sites (tertiary alicyclic amines) is 1. The van der Waals surface area contributed by atoms with E-state index in [1.54, 1.807) is 0 Å².